The van der Waals surface area contributed by atoms with E-state index in [4.69, 9.17) is 11.6 Å². The van der Waals surface area contributed by atoms with E-state index in [1.165, 1.54) is 4.90 Å². The molecule has 0 saturated carbocycles. The molecule has 1 saturated heterocycles. The maximum atomic E-state index is 12.6. The highest BCUT2D eigenvalue weighted by Crippen LogP contribution is 2.19. The molecule has 4 nitrogen and oxygen atoms in total. The van der Waals surface area contributed by atoms with Crippen molar-refractivity contribution in [3.63, 3.8) is 0 Å². The molecule has 0 radical (unpaired) electrons. The van der Waals surface area contributed by atoms with Gasteiger partial charge in [0.15, 0.2) is 0 Å². The fourth-order valence-corrected chi connectivity index (χ4v) is 3.87. The zero-order chi connectivity index (χ0) is 19.9. The fourth-order valence-electron chi connectivity index (χ4n) is 3.34. The van der Waals surface area contributed by atoms with E-state index in [9.17, 15) is 9.59 Å². The van der Waals surface area contributed by atoms with Crippen LogP contribution in [0.3, 0.4) is 0 Å². The highest BCUT2D eigenvalue weighted by atomic mass is 35.5. The van der Waals surface area contributed by atoms with Crippen molar-refractivity contribution in [2.45, 2.75) is 30.7 Å². The van der Waals surface area contributed by atoms with Gasteiger partial charge in [-0.2, -0.15) is 0 Å². The van der Waals surface area contributed by atoms with Crippen LogP contribution in [0.1, 0.15) is 24.0 Å². The maximum Gasteiger partial charge on any atom is 0.225 e. The molecule has 1 aliphatic heterocycles. The van der Waals surface area contributed by atoms with Crippen LogP contribution >= 0.6 is 23.4 Å². The normalized spacial score (nSPS) is 16.9. The smallest absolute Gasteiger partial charge is 0.225 e. The van der Waals surface area contributed by atoms with Crippen LogP contribution in [0.15, 0.2) is 53.4 Å². The van der Waals surface area contributed by atoms with Crippen molar-refractivity contribution in [1.29, 1.82) is 0 Å². The molecule has 1 N–H and O–H groups in total. The maximum absolute atomic E-state index is 12.6. The van der Waals surface area contributed by atoms with Gasteiger partial charge in [0, 0.05) is 36.0 Å². The first-order valence-corrected chi connectivity index (χ1v) is 11.1. The molecular weight excluding hydrogens is 392 g/mol. The molecule has 3 rings (SSSR count). The molecule has 1 atom stereocenters. The molecule has 0 aliphatic carbocycles. The van der Waals surface area contributed by atoms with Gasteiger partial charge in [0.05, 0.1) is 5.92 Å². The number of nitrogens with zero attached hydrogens (tertiary/aromatic N) is 1. The summed E-state index contributed by atoms with van der Waals surface area (Å²) >= 11 is 7.61. The second kappa shape index (κ2) is 9.99. The van der Waals surface area contributed by atoms with Crippen molar-refractivity contribution < 1.29 is 9.59 Å². The van der Waals surface area contributed by atoms with E-state index >= 15 is 0 Å². The summed E-state index contributed by atoms with van der Waals surface area (Å²) in [6.45, 7) is 1.63. The SMILES string of the molecule is CSc1ccc(CNC(=O)C2CCC(=O)N(CCc3ccc(Cl)cc3)C2)cc1. The molecule has 2 amide bonds. The Bertz CT molecular complexity index is 808. The van der Waals surface area contributed by atoms with Crippen LogP contribution in [-0.4, -0.2) is 36.1 Å². The molecule has 2 aromatic rings. The summed E-state index contributed by atoms with van der Waals surface area (Å²) in [6, 6.07) is 15.9. The molecule has 6 heteroatoms. The highest BCUT2D eigenvalue weighted by Gasteiger charge is 2.29. The van der Waals surface area contributed by atoms with Gasteiger partial charge in [-0.1, -0.05) is 35.9 Å². The first kappa shape index (κ1) is 20.7. The van der Waals surface area contributed by atoms with E-state index in [2.05, 4.69) is 17.4 Å². The van der Waals surface area contributed by atoms with Crippen LogP contribution in [-0.2, 0) is 22.6 Å². The molecule has 1 heterocycles. The predicted octanol–water partition coefficient (Wildman–Crippen LogP) is 4.16. The van der Waals surface area contributed by atoms with E-state index in [1.807, 2.05) is 47.6 Å². The monoisotopic (exact) mass is 416 g/mol. The molecule has 0 spiro atoms. The van der Waals surface area contributed by atoms with Gasteiger partial charge in [0.2, 0.25) is 11.8 Å². The van der Waals surface area contributed by atoms with Crippen molar-refractivity contribution >= 4 is 35.2 Å². The lowest BCUT2D eigenvalue weighted by Gasteiger charge is -2.32. The number of carbonyl (C=O) groups is 2. The summed E-state index contributed by atoms with van der Waals surface area (Å²) < 4.78 is 0. The van der Waals surface area contributed by atoms with E-state index in [0.29, 0.717) is 37.5 Å². The van der Waals surface area contributed by atoms with Gasteiger partial charge < -0.3 is 10.2 Å². The summed E-state index contributed by atoms with van der Waals surface area (Å²) in [5.74, 6) is 0.0111. The third kappa shape index (κ3) is 5.76. The summed E-state index contributed by atoms with van der Waals surface area (Å²) in [7, 11) is 0. The molecular formula is C22H25ClN2O2S. The summed E-state index contributed by atoms with van der Waals surface area (Å²) in [5, 5.41) is 3.73. The van der Waals surface area contributed by atoms with Gasteiger partial charge in [-0.25, -0.2) is 0 Å². The predicted molar refractivity (Wildman–Crippen MR) is 115 cm³/mol. The molecule has 148 valence electrons. The molecule has 1 aliphatic rings. The summed E-state index contributed by atoms with van der Waals surface area (Å²) in [6.07, 6.45) is 3.85. The zero-order valence-electron chi connectivity index (χ0n) is 16.0. The molecule has 1 fully saturated rings. The van der Waals surface area contributed by atoms with E-state index < -0.39 is 0 Å². The van der Waals surface area contributed by atoms with Gasteiger partial charge >= 0.3 is 0 Å². The number of hydrogen-bond acceptors (Lipinski definition) is 3. The topological polar surface area (TPSA) is 49.4 Å². The van der Waals surface area contributed by atoms with Crippen LogP contribution in [0.2, 0.25) is 5.02 Å². The average Bonchev–Trinajstić information content (AvgIpc) is 2.73. The Hall–Kier alpha value is -1.98. The number of halogens is 1. The molecule has 0 bridgehead atoms. The quantitative estimate of drug-likeness (QED) is 0.689. The number of piperidine rings is 1. The number of rotatable bonds is 7. The van der Waals surface area contributed by atoms with Crippen LogP contribution in [0, 0.1) is 5.92 Å². The third-order valence-corrected chi connectivity index (χ3v) is 6.08. The zero-order valence-corrected chi connectivity index (χ0v) is 17.6. The highest BCUT2D eigenvalue weighted by molar-refractivity contribution is 7.98. The van der Waals surface area contributed by atoms with E-state index in [0.717, 1.165) is 17.5 Å². The largest absolute Gasteiger partial charge is 0.352 e. The van der Waals surface area contributed by atoms with Crippen LogP contribution in [0.25, 0.3) is 0 Å². The fraction of sp³-hybridized carbons (Fsp3) is 0.364. The Labute approximate surface area is 175 Å². The van der Waals surface area contributed by atoms with E-state index in [1.54, 1.807) is 11.8 Å². The summed E-state index contributed by atoms with van der Waals surface area (Å²) in [4.78, 5) is 27.9. The molecule has 2 aromatic carbocycles. The Morgan fingerprint density at radius 2 is 1.82 bits per heavy atom. The lowest BCUT2D eigenvalue weighted by Crippen LogP contribution is -2.46. The lowest BCUT2D eigenvalue weighted by molar-refractivity contribution is -0.138. The number of amides is 2. The first-order chi connectivity index (χ1) is 13.5. The van der Waals surface area contributed by atoms with Crippen LogP contribution in [0.4, 0.5) is 0 Å². The molecule has 1 unspecified atom stereocenters. The van der Waals surface area contributed by atoms with Gasteiger partial charge in [-0.05, 0) is 54.5 Å². The third-order valence-electron chi connectivity index (χ3n) is 5.08. The van der Waals surface area contributed by atoms with Crippen molar-refractivity contribution in [2.24, 2.45) is 5.92 Å². The number of nitrogens with one attached hydrogen (secondary N) is 1. The second-order valence-corrected chi connectivity index (χ2v) is 8.33. The Morgan fingerprint density at radius 1 is 1.14 bits per heavy atom. The van der Waals surface area contributed by atoms with Crippen molar-refractivity contribution in [3.8, 4) is 0 Å². The van der Waals surface area contributed by atoms with Crippen LogP contribution < -0.4 is 5.32 Å². The van der Waals surface area contributed by atoms with Crippen LogP contribution in [0.5, 0.6) is 0 Å². The van der Waals surface area contributed by atoms with Crippen molar-refractivity contribution in [1.82, 2.24) is 10.2 Å². The van der Waals surface area contributed by atoms with E-state index in [-0.39, 0.29) is 17.7 Å². The standard InChI is InChI=1S/C22H25ClN2O2S/c1-28-20-9-4-17(5-10-20)14-24-22(27)18-6-11-21(26)25(15-18)13-12-16-2-7-19(23)8-3-16/h2-5,7-10,18H,6,11-15H2,1H3,(H,24,27). The minimum absolute atomic E-state index is 0.0259. The Morgan fingerprint density at radius 3 is 2.50 bits per heavy atom. The minimum Gasteiger partial charge on any atom is -0.352 e. The molecule has 0 aromatic heterocycles. The Balaban J connectivity index is 1.50. The number of hydrogen-bond donors (Lipinski definition) is 1. The number of benzene rings is 2. The number of likely N-dealkylation sites (tertiary alicyclic amines) is 1. The average molecular weight is 417 g/mol. The summed E-state index contributed by atoms with van der Waals surface area (Å²) in [5.41, 5.74) is 2.22. The number of carbonyl (C=O) groups excluding carboxylic acids is 2. The first-order valence-electron chi connectivity index (χ1n) is 9.48. The van der Waals surface area contributed by atoms with Crippen molar-refractivity contribution in [3.05, 3.63) is 64.7 Å². The van der Waals surface area contributed by atoms with Gasteiger partial charge in [-0.15, -0.1) is 11.8 Å². The van der Waals surface area contributed by atoms with Gasteiger partial charge in [0.25, 0.3) is 0 Å². The lowest BCUT2D eigenvalue weighted by atomic mass is 9.96. The van der Waals surface area contributed by atoms with Gasteiger partial charge in [0.1, 0.15) is 0 Å². The minimum atomic E-state index is -0.145. The van der Waals surface area contributed by atoms with Crippen molar-refractivity contribution in [2.75, 3.05) is 19.3 Å². The second-order valence-electron chi connectivity index (χ2n) is 7.02. The Kier molecular flexibility index (Phi) is 7.40. The van der Waals surface area contributed by atoms with Gasteiger partial charge in [-0.3, -0.25) is 9.59 Å². The number of thioether (sulfide) groups is 1. The molecule has 28 heavy (non-hydrogen) atoms.